The summed E-state index contributed by atoms with van der Waals surface area (Å²) < 4.78 is 10.6. The van der Waals surface area contributed by atoms with Gasteiger partial charge in [0.2, 0.25) is 0 Å². The molecule has 0 radical (unpaired) electrons. The van der Waals surface area contributed by atoms with Crippen molar-refractivity contribution in [2.45, 2.75) is 88.5 Å². The summed E-state index contributed by atoms with van der Waals surface area (Å²) in [7, 11) is 0. The SMILES string of the molecule is N[C@@H](CNC(=O)N[C@@H](CS)C(=O)CCC(=O)OC1CCCC1)C(=O)OC1CCCC1. The fourth-order valence-corrected chi connectivity index (χ4v) is 3.93. The molecule has 2 atom stereocenters. The number of hydrogen-bond acceptors (Lipinski definition) is 8. The van der Waals surface area contributed by atoms with Crippen LogP contribution in [-0.4, -0.2) is 60.3 Å². The lowest BCUT2D eigenvalue weighted by molar-refractivity contribution is -0.150. The van der Waals surface area contributed by atoms with Gasteiger partial charge in [-0.25, -0.2) is 4.79 Å². The number of rotatable bonds is 11. The summed E-state index contributed by atoms with van der Waals surface area (Å²) in [4.78, 5) is 48.1. The lowest BCUT2D eigenvalue weighted by atomic mass is 10.1. The van der Waals surface area contributed by atoms with Crippen molar-refractivity contribution in [1.82, 2.24) is 10.6 Å². The lowest BCUT2D eigenvalue weighted by Gasteiger charge is -2.19. The molecule has 0 aromatic rings. The van der Waals surface area contributed by atoms with Gasteiger partial charge in [0.05, 0.1) is 12.5 Å². The fourth-order valence-electron chi connectivity index (χ4n) is 3.63. The highest BCUT2D eigenvalue weighted by molar-refractivity contribution is 7.80. The van der Waals surface area contributed by atoms with Gasteiger partial charge < -0.3 is 25.8 Å². The summed E-state index contributed by atoms with van der Waals surface area (Å²) in [5, 5.41) is 4.96. The first kappa shape index (κ1) is 24.5. The molecule has 2 aliphatic rings. The molecule has 2 saturated carbocycles. The quantitative estimate of drug-likeness (QED) is 0.278. The first-order valence-electron chi connectivity index (χ1n) is 10.7. The van der Waals surface area contributed by atoms with Crippen molar-refractivity contribution in [1.29, 1.82) is 0 Å². The maximum atomic E-state index is 12.3. The molecule has 4 N–H and O–H groups in total. The second-order valence-corrected chi connectivity index (χ2v) is 8.27. The van der Waals surface area contributed by atoms with Gasteiger partial charge in [0.15, 0.2) is 5.78 Å². The maximum Gasteiger partial charge on any atom is 0.325 e. The molecule has 0 saturated heterocycles. The summed E-state index contributed by atoms with van der Waals surface area (Å²) in [6, 6.07) is -2.47. The molecule has 0 unspecified atom stereocenters. The molecule has 30 heavy (non-hydrogen) atoms. The second-order valence-electron chi connectivity index (χ2n) is 7.90. The van der Waals surface area contributed by atoms with Crippen LogP contribution < -0.4 is 16.4 Å². The first-order chi connectivity index (χ1) is 14.4. The van der Waals surface area contributed by atoms with Crippen molar-refractivity contribution in [3.8, 4) is 0 Å². The van der Waals surface area contributed by atoms with E-state index in [4.69, 9.17) is 15.2 Å². The Bertz CT molecular complexity index is 605. The number of thiol groups is 1. The van der Waals surface area contributed by atoms with Crippen LogP contribution in [0.5, 0.6) is 0 Å². The van der Waals surface area contributed by atoms with E-state index in [0.717, 1.165) is 51.4 Å². The van der Waals surface area contributed by atoms with Crippen molar-refractivity contribution in [2.24, 2.45) is 5.73 Å². The molecule has 2 fully saturated rings. The molecular formula is C20H33N3O6S. The Morgan fingerprint density at radius 1 is 0.933 bits per heavy atom. The van der Waals surface area contributed by atoms with E-state index in [-0.39, 0.29) is 43.1 Å². The van der Waals surface area contributed by atoms with E-state index in [1.54, 1.807) is 0 Å². The average molecular weight is 444 g/mol. The standard InChI is InChI=1S/C20H33N3O6S/c21-15(19(26)29-14-7-3-4-8-14)11-22-20(27)23-16(12-30)17(24)9-10-18(25)28-13-5-1-2-6-13/h13-16,30H,1-12,21H2,(H2,22,23,27)/t15-,16-/m0/s1. The minimum atomic E-state index is -0.980. The Labute approximate surface area is 182 Å². The van der Waals surface area contributed by atoms with Crippen LogP contribution >= 0.6 is 12.6 Å². The maximum absolute atomic E-state index is 12.3. The Balaban J connectivity index is 1.65. The first-order valence-corrected chi connectivity index (χ1v) is 11.4. The van der Waals surface area contributed by atoms with E-state index in [1.807, 2.05) is 0 Å². The van der Waals surface area contributed by atoms with Crippen LogP contribution in [0.3, 0.4) is 0 Å². The minimum absolute atomic E-state index is 0.0270. The van der Waals surface area contributed by atoms with E-state index in [0.29, 0.717) is 0 Å². The highest BCUT2D eigenvalue weighted by Crippen LogP contribution is 2.22. The molecule has 0 aromatic heterocycles. The van der Waals surface area contributed by atoms with Gasteiger partial charge in [-0.3, -0.25) is 14.4 Å². The number of hydrogen-bond donors (Lipinski definition) is 4. The number of nitrogens with two attached hydrogens (primary N) is 1. The molecule has 2 amide bonds. The third-order valence-electron chi connectivity index (χ3n) is 5.42. The summed E-state index contributed by atoms with van der Waals surface area (Å²) in [6.07, 6.45) is 7.40. The average Bonchev–Trinajstić information content (AvgIpc) is 3.42. The highest BCUT2D eigenvalue weighted by Gasteiger charge is 2.25. The smallest absolute Gasteiger partial charge is 0.325 e. The zero-order chi connectivity index (χ0) is 21.9. The van der Waals surface area contributed by atoms with Gasteiger partial charge in [-0.1, -0.05) is 0 Å². The van der Waals surface area contributed by atoms with Crippen LogP contribution in [0.25, 0.3) is 0 Å². The molecule has 0 spiro atoms. The zero-order valence-electron chi connectivity index (χ0n) is 17.3. The number of urea groups is 1. The number of amides is 2. The molecular weight excluding hydrogens is 410 g/mol. The topological polar surface area (TPSA) is 137 Å². The summed E-state index contributed by atoms with van der Waals surface area (Å²) in [6.45, 7) is -0.113. The highest BCUT2D eigenvalue weighted by atomic mass is 32.1. The van der Waals surface area contributed by atoms with E-state index >= 15 is 0 Å². The Hall–Kier alpha value is -1.81. The summed E-state index contributed by atoms with van der Waals surface area (Å²) in [5.74, 6) is -1.18. The van der Waals surface area contributed by atoms with Crippen LogP contribution in [0.1, 0.15) is 64.2 Å². The lowest BCUT2D eigenvalue weighted by Crippen LogP contribution is -2.51. The Morgan fingerprint density at radius 3 is 2.07 bits per heavy atom. The molecule has 0 aliphatic heterocycles. The number of esters is 2. The number of Topliss-reactive ketones (excluding diaryl/α,β-unsaturated/α-hetero) is 1. The normalized spacial score (nSPS) is 19.1. The molecule has 9 nitrogen and oxygen atoms in total. The van der Waals surface area contributed by atoms with Gasteiger partial charge in [-0.05, 0) is 51.4 Å². The molecule has 170 valence electrons. The van der Waals surface area contributed by atoms with Gasteiger partial charge in [0.25, 0.3) is 0 Å². The van der Waals surface area contributed by atoms with Crippen LogP contribution in [-0.2, 0) is 23.9 Å². The van der Waals surface area contributed by atoms with Crippen LogP contribution in [0, 0.1) is 0 Å². The van der Waals surface area contributed by atoms with Crippen LogP contribution in [0.2, 0.25) is 0 Å². The third kappa shape index (κ3) is 8.51. The summed E-state index contributed by atoms with van der Waals surface area (Å²) >= 11 is 4.10. The van der Waals surface area contributed by atoms with Crippen molar-refractivity contribution in [3.63, 3.8) is 0 Å². The Kier molecular flexibility index (Phi) is 10.4. The van der Waals surface area contributed by atoms with Gasteiger partial charge in [0, 0.05) is 18.7 Å². The zero-order valence-corrected chi connectivity index (χ0v) is 18.2. The third-order valence-corrected chi connectivity index (χ3v) is 5.79. The van der Waals surface area contributed by atoms with Gasteiger partial charge in [-0.15, -0.1) is 0 Å². The molecule has 0 aromatic carbocycles. The predicted octanol–water partition coefficient (Wildman–Crippen LogP) is 1.23. The van der Waals surface area contributed by atoms with E-state index in [2.05, 4.69) is 23.3 Å². The fraction of sp³-hybridized carbons (Fsp3) is 0.800. The van der Waals surface area contributed by atoms with Crippen molar-refractivity contribution in [2.75, 3.05) is 12.3 Å². The molecule has 0 heterocycles. The number of ketones is 1. The molecule has 2 aliphatic carbocycles. The Morgan fingerprint density at radius 2 is 1.50 bits per heavy atom. The summed E-state index contributed by atoms with van der Waals surface area (Å²) in [5.41, 5.74) is 5.76. The second kappa shape index (κ2) is 12.8. The van der Waals surface area contributed by atoms with Crippen molar-refractivity contribution < 1.29 is 28.7 Å². The number of nitrogens with one attached hydrogen (secondary N) is 2. The largest absolute Gasteiger partial charge is 0.462 e. The van der Waals surface area contributed by atoms with Gasteiger partial charge in [-0.2, -0.15) is 12.6 Å². The number of carbonyl (C=O) groups is 4. The van der Waals surface area contributed by atoms with Gasteiger partial charge in [0.1, 0.15) is 18.2 Å². The minimum Gasteiger partial charge on any atom is -0.462 e. The van der Waals surface area contributed by atoms with Gasteiger partial charge >= 0.3 is 18.0 Å². The van der Waals surface area contributed by atoms with Crippen LogP contribution in [0.4, 0.5) is 4.79 Å². The molecule has 10 heteroatoms. The molecule has 0 bridgehead atoms. The number of ether oxygens (including phenoxy) is 2. The van der Waals surface area contributed by atoms with E-state index in [1.165, 1.54) is 0 Å². The monoisotopic (exact) mass is 443 g/mol. The van der Waals surface area contributed by atoms with Crippen molar-refractivity contribution in [3.05, 3.63) is 0 Å². The van der Waals surface area contributed by atoms with Crippen LogP contribution in [0.15, 0.2) is 0 Å². The van der Waals surface area contributed by atoms with E-state index in [9.17, 15) is 19.2 Å². The van der Waals surface area contributed by atoms with Crippen molar-refractivity contribution >= 4 is 36.4 Å². The predicted molar refractivity (Wildman–Crippen MR) is 113 cm³/mol. The number of carbonyl (C=O) groups excluding carboxylic acids is 4. The molecule has 2 rings (SSSR count). The van der Waals surface area contributed by atoms with E-state index < -0.39 is 30.1 Å².